The van der Waals surface area contributed by atoms with E-state index in [2.05, 4.69) is 9.97 Å². The van der Waals surface area contributed by atoms with Gasteiger partial charge in [-0.15, -0.1) is 0 Å². The van der Waals surface area contributed by atoms with Crippen molar-refractivity contribution in [3.63, 3.8) is 0 Å². The Kier molecular flexibility index (Phi) is 4.24. The van der Waals surface area contributed by atoms with Crippen LogP contribution in [0, 0.1) is 6.92 Å². The second kappa shape index (κ2) is 5.30. The zero-order valence-corrected chi connectivity index (χ0v) is 11.3. The molecule has 1 heterocycles. The second-order valence-corrected chi connectivity index (χ2v) is 4.16. The summed E-state index contributed by atoms with van der Waals surface area (Å²) >= 11 is 0. The minimum atomic E-state index is -0.618. The number of aromatic nitrogens is 2. The normalized spacial score (nSPS) is 11.6. The Labute approximate surface area is 107 Å². The predicted molar refractivity (Wildman–Crippen MR) is 69.0 cm³/mol. The molecule has 1 aromatic heterocycles. The molecule has 18 heavy (non-hydrogen) atoms. The molecule has 0 spiro atoms. The summed E-state index contributed by atoms with van der Waals surface area (Å²) in [7, 11) is 1.61. The molecule has 0 saturated heterocycles. The Morgan fingerprint density at radius 1 is 1.33 bits per heavy atom. The van der Waals surface area contributed by atoms with E-state index in [4.69, 9.17) is 16.2 Å². The molecule has 0 aliphatic heterocycles. The third-order valence-electron chi connectivity index (χ3n) is 3.30. The summed E-state index contributed by atoms with van der Waals surface area (Å²) in [5.41, 5.74) is 11.1. The molecule has 0 aliphatic rings. The first-order valence-corrected chi connectivity index (χ1v) is 5.91. The number of nitrogens with zero attached hydrogens (tertiary/aromatic N) is 2. The van der Waals surface area contributed by atoms with Gasteiger partial charge in [-0.05, 0) is 19.8 Å². The van der Waals surface area contributed by atoms with Gasteiger partial charge in [0.2, 0.25) is 0 Å². The van der Waals surface area contributed by atoms with Crippen LogP contribution in [0.2, 0.25) is 0 Å². The second-order valence-electron chi connectivity index (χ2n) is 4.16. The number of primary amides is 1. The number of methoxy groups -OCH3 is 1. The Hall–Kier alpha value is -1.69. The van der Waals surface area contributed by atoms with Gasteiger partial charge in [0.25, 0.3) is 5.91 Å². The summed E-state index contributed by atoms with van der Waals surface area (Å²) in [5.74, 6) is -0.0177. The summed E-state index contributed by atoms with van der Waals surface area (Å²) in [6, 6.07) is 0. The van der Waals surface area contributed by atoms with Gasteiger partial charge in [-0.1, -0.05) is 13.8 Å². The Morgan fingerprint density at radius 3 is 2.22 bits per heavy atom. The quantitative estimate of drug-likeness (QED) is 0.817. The summed E-state index contributed by atoms with van der Waals surface area (Å²) in [4.78, 5) is 19.7. The number of hydrogen-bond donors (Lipinski definition) is 2. The average Bonchev–Trinajstić information content (AvgIpc) is 2.30. The van der Waals surface area contributed by atoms with Crippen molar-refractivity contribution in [1.82, 2.24) is 9.97 Å². The monoisotopic (exact) mass is 252 g/mol. The van der Waals surface area contributed by atoms with E-state index in [1.807, 2.05) is 13.8 Å². The van der Waals surface area contributed by atoms with E-state index in [1.165, 1.54) is 0 Å². The smallest absolute Gasteiger partial charge is 0.254 e. The van der Waals surface area contributed by atoms with Gasteiger partial charge in [-0.3, -0.25) is 4.79 Å². The molecule has 1 amide bonds. The van der Waals surface area contributed by atoms with Gasteiger partial charge >= 0.3 is 0 Å². The number of aryl methyl sites for hydroxylation is 1. The molecule has 0 bridgehead atoms. The predicted octanol–water partition coefficient (Wildman–Crippen LogP) is 1.13. The van der Waals surface area contributed by atoms with E-state index in [9.17, 15) is 4.79 Å². The maximum atomic E-state index is 11.2. The molecular weight excluding hydrogens is 232 g/mol. The minimum absolute atomic E-state index is 0.105. The van der Waals surface area contributed by atoms with E-state index in [0.717, 1.165) is 12.8 Å². The topological polar surface area (TPSA) is 104 Å². The highest BCUT2D eigenvalue weighted by Crippen LogP contribution is 2.31. The van der Waals surface area contributed by atoms with E-state index in [1.54, 1.807) is 14.0 Å². The highest BCUT2D eigenvalue weighted by Gasteiger charge is 2.32. The molecule has 0 aromatic carbocycles. The molecule has 0 aliphatic carbocycles. The van der Waals surface area contributed by atoms with Crippen molar-refractivity contribution in [3.8, 4) is 0 Å². The standard InChI is InChI=1S/C12H20N4O2/c1-5-12(6-2,18-4)11-15-7(3)8(10(14)17)9(13)16-11/h5-6H2,1-4H3,(H2,14,17)(H2,13,15,16). The molecule has 0 radical (unpaired) electrons. The fourth-order valence-electron chi connectivity index (χ4n) is 2.05. The molecule has 100 valence electrons. The lowest BCUT2D eigenvalue weighted by Gasteiger charge is -2.29. The number of hydrogen-bond acceptors (Lipinski definition) is 5. The minimum Gasteiger partial charge on any atom is -0.383 e. The van der Waals surface area contributed by atoms with E-state index in [0.29, 0.717) is 11.5 Å². The average molecular weight is 252 g/mol. The summed E-state index contributed by atoms with van der Waals surface area (Å²) in [5, 5.41) is 0. The van der Waals surface area contributed by atoms with Crippen molar-refractivity contribution < 1.29 is 9.53 Å². The first-order chi connectivity index (χ1) is 8.41. The van der Waals surface area contributed by atoms with Crippen molar-refractivity contribution in [3.05, 3.63) is 17.1 Å². The maximum absolute atomic E-state index is 11.2. The van der Waals surface area contributed by atoms with Crippen LogP contribution in [0.4, 0.5) is 5.82 Å². The van der Waals surface area contributed by atoms with Crippen molar-refractivity contribution in [1.29, 1.82) is 0 Å². The van der Waals surface area contributed by atoms with Crippen LogP contribution in [-0.4, -0.2) is 23.0 Å². The number of rotatable bonds is 5. The third kappa shape index (κ3) is 2.28. The highest BCUT2D eigenvalue weighted by atomic mass is 16.5. The first-order valence-electron chi connectivity index (χ1n) is 5.91. The van der Waals surface area contributed by atoms with Crippen molar-refractivity contribution >= 4 is 11.7 Å². The van der Waals surface area contributed by atoms with Gasteiger partial charge in [-0.25, -0.2) is 9.97 Å². The van der Waals surface area contributed by atoms with Crippen molar-refractivity contribution in [2.45, 2.75) is 39.2 Å². The van der Waals surface area contributed by atoms with E-state index in [-0.39, 0.29) is 11.4 Å². The van der Waals surface area contributed by atoms with Crippen LogP contribution in [-0.2, 0) is 10.3 Å². The van der Waals surface area contributed by atoms with Crippen molar-refractivity contribution in [2.24, 2.45) is 5.73 Å². The fraction of sp³-hybridized carbons (Fsp3) is 0.583. The lowest BCUT2D eigenvalue weighted by atomic mass is 9.95. The van der Waals surface area contributed by atoms with Crippen LogP contribution >= 0.6 is 0 Å². The Morgan fingerprint density at radius 2 is 1.89 bits per heavy atom. The van der Waals surface area contributed by atoms with Gasteiger partial charge in [0.05, 0.1) is 5.69 Å². The zero-order chi connectivity index (χ0) is 13.9. The zero-order valence-electron chi connectivity index (χ0n) is 11.3. The first kappa shape index (κ1) is 14.4. The van der Waals surface area contributed by atoms with Gasteiger partial charge in [0.15, 0.2) is 5.82 Å². The lowest BCUT2D eigenvalue weighted by molar-refractivity contribution is -0.0291. The third-order valence-corrected chi connectivity index (χ3v) is 3.30. The number of amides is 1. The van der Waals surface area contributed by atoms with Crippen LogP contribution in [0.15, 0.2) is 0 Å². The van der Waals surface area contributed by atoms with Crippen LogP contribution in [0.25, 0.3) is 0 Å². The number of carbonyl (C=O) groups excluding carboxylic acids is 1. The summed E-state index contributed by atoms with van der Waals surface area (Å²) in [6.07, 6.45) is 1.43. The molecule has 1 aromatic rings. The van der Waals surface area contributed by atoms with Crippen LogP contribution in [0.5, 0.6) is 0 Å². The molecule has 6 nitrogen and oxygen atoms in total. The largest absolute Gasteiger partial charge is 0.383 e. The van der Waals surface area contributed by atoms with Gasteiger partial charge in [0, 0.05) is 7.11 Å². The van der Waals surface area contributed by atoms with Gasteiger partial charge in [0.1, 0.15) is 17.0 Å². The van der Waals surface area contributed by atoms with Gasteiger partial charge < -0.3 is 16.2 Å². The number of nitrogens with two attached hydrogens (primary N) is 2. The molecule has 0 atom stereocenters. The van der Waals surface area contributed by atoms with E-state index < -0.39 is 11.5 Å². The lowest BCUT2D eigenvalue weighted by Crippen LogP contribution is -2.31. The molecule has 0 unspecified atom stereocenters. The molecular formula is C12H20N4O2. The van der Waals surface area contributed by atoms with E-state index >= 15 is 0 Å². The highest BCUT2D eigenvalue weighted by molar-refractivity contribution is 5.98. The number of nitrogen functional groups attached to an aromatic ring is 1. The number of anilines is 1. The SMILES string of the molecule is CCC(CC)(OC)c1nc(C)c(C(N)=O)c(N)n1. The number of carbonyl (C=O) groups is 1. The maximum Gasteiger partial charge on any atom is 0.254 e. The Bertz CT molecular complexity index is 424. The fourth-order valence-corrected chi connectivity index (χ4v) is 2.05. The molecule has 6 heteroatoms. The van der Waals surface area contributed by atoms with Crippen LogP contribution < -0.4 is 11.5 Å². The van der Waals surface area contributed by atoms with Crippen LogP contribution in [0.1, 0.15) is 48.6 Å². The summed E-state index contributed by atoms with van der Waals surface area (Å²) < 4.78 is 5.54. The number of ether oxygens (including phenoxy) is 1. The summed E-state index contributed by atoms with van der Waals surface area (Å²) in [6.45, 7) is 5.67. The van der Waals surface area contributed by atoms with Gasteiger partial charge in [-0.2, -0.15) is 0 Å². The molecule has 4 N–H and O–H groups in total. The molecule has 0 fully saturated rings. The van der Waals surface area contributed by atoms with Crippen molar-refractivity contribution in [2.75, 3.05) is 12.8 Å². The molecule has 0 saturated carbocycles. The van der Waals surface area contributed by atoms with Crippen LogP contribution in [0.3, 0.4) is 0 Å². The molecule has 1 rings (SSSR count). The Balaban J connectivity index is 3.41.